The second-order valence-corrected chi connectivity index (χ2v) is 14.1. The van der Waals surface area contributed by atoms with Crippen molar-refractivity contribution in [2.24, 2.45) is 28.6 Å². The smallest absolute Gasteiger partial charge is 0.308 e. The van der Waals surface area contributed by atoms with Gasteiger partial charge in [0, 0.05) is 48.5 Å². The number of Topliss-reactive ketones (excluding diaryl/α,β-unsaturated/α-hetero) is 1. The molecule has 0 aliphatic heterocycles. The molecule has 4 aliphatic rings. The first kappa shape index (κ1) is 39.3. The maximum Gasteiger partial charge on any atom is 0.308 e. The number of hydrogen-bond donors (Lipinski definition) is 2. The lowest BCUT2D eigenvalue weighted by atomic mass is 9.45. The fourth-order valence-electron chi connectivity index (χ4n) is 8.98. The topological polar surface area (TPSA) is 241 Å². The molecule has 282 valence electrons. The quantitative estimate of drug-likeness (QED) is 0.0720. The normalized spacial score (nSPS) is 33.4. The van der Waals surface area contributed by atoms with Gasteiger partial charge in [-0.2, -0.15) is 0 Å². The predicted molar refractivity (Wildman–Crippen MR) is 170 cm³/mol. The van der Waals surface area contributed by atoms with Crippen LogP contribution in [0.2, 0.25) is 0 Å². The Labute approximate surface area is 292 Å². The summed E-state index contributed by atoms with van der Waals surface area (Å²) in [6, 6.07) is 0. The molecule has 8 atom stereocenters. The maximum atomic E-state index is 17.7. The Hall–Kier alpha value is -4.48. The van der Waals surface area contributed by atoms with Crippen LogP contribution < -0.4 is 5.32 Å². The molecule has 0 radical (unpaired) electrons. The summed E-state index contributed by atoms with van der Waals surface area (Å²) in [5.74, 6) is -5.42. The zero-order valence-corrected chi connectivity index (χ0v) is 28.8. The van der Waals surface area contributed by atoms with E-state index in [1.54, 1.807) is 20.8 Å². The lowest BCUT2D eigenvalue weighted by molar-refractivity contribution is -0.757. The molecule has 18 heteroatoms. The minimum absolute atomic E-state index is 0.0185. The van der Waals surface area contributed by atoms with Gasteiger partial charge in [0.1, 0.15) is 0 Å². The number of halogens is 1. The molecule has 2 saturated carbocycles. The summed E-state index contributed by atoms with van der Waals surface area (Å²) in [4.78, 5) is 93.6. The highest BCUT2D eigenvalue weighted by Gasteiger charge is 2.77. The third-order valence-corrected chi connectivity index (χ3v) is 11.3. The molecule has 0 aromatic carbocycles. The number of carbonyl (C=O) groups is 5. The molecule has 51 heavy (non-hydrogen) atoms. The van der Waals surface area contributed by atoms with Crippen LogP contribution in [0.25, 0.3) is 0 Å². The summed E-state index contributed by atoms with van der Waals surface area (Å²) in [6.07, 6.45) is 2.22. The Morgan fingerprint density at radius 2 is 1.67 bits per heavy atom. The van der Waals surface area contributed by atoms with Gasteiger partial charge in [0.15, 0.2) is 23.7 Å². The van der Waals surface area contributed by atoms with Crippen molar-refractivity contribution in [2.45, 2.75) is 95.9 Å². The first-order valence-corrected chi connectivity index (χ1v) is 16.9. The van der Waals surface area contributed by atoms with Crippen LogP contribution in [0.4, 0.5) is 4.39 Å². The molecule has 17 nitrogen and oxygen atoms in total. The number of aliphatic hydroxyl groups is 1. The molecule has 0 bridgehead atoms. The van der Waals surface area contributed by atoms with Gasteiger partial charge >= 0.3 is 11.9 Å². The zero-order chi connectivity index (χ0) is 37.8. The minimum atomic E-state index is -2.22. The second-order valence-electron chi connectivity index (χ2n) is 14.1. The standard InChI is InChI=1S/C33H44FN3O14/c1-20-16-24-23-9-8-21-17-22(38)10-12-30(21,2)32(23,34)25(39)18-31(24,3)33(20,51-29(43)7-5-15-50-37(46)47)26(40)19-48-28(42)11-13-35-27(41)6-4-14-49-36(44)45/h8,10,12,20,23-25,39H,4-7,9,11,13-19H2,1-3H3,(H,35,41)/t20-,23?,24?,25-,30-,31-,32-,33-/m0/s1. The molecule has 4 rings (SSSR count). The van der Waals surface area contributed by atoms with Crippen molar-refractivity contribution in [3.05, 3.63) is 44.0 Å². The average Bonchev–Trinajstić information content (AvgIpc) is 3.27. The molecular weight excluding hydrogens is 681 g/mol. The third-order valence-electron chi connectivity index (χ3n) is 11.3. The number of fused-ring (bicyclic) bond motifs is 5. The fourth-order valence-corrected chi connectivity index (χ4v) is 8.98. The van der Waals surface area contributed by atoms with Crippen LogP contribution in [0.3, 0.4) is 0 Å². The van der Waals surface area contributed by atoms with E-state index in [1.807, 2.05) is 6.08 Å². The Balaban J connectivity index is 1.53. The highest BCUT2D eigenvalue weighted by molar-refractivity contribution is 5.94. The van der Waals surface area contributed by atoms with Gasteiger partial charge < -0.3 is 29.6 Å². The summed E-state index contributed by atoms with van der Waals surface area (Å²) in [5.41, 5.74) is -6.31. The molecule has 0 aromatic rings. The molecule has 2 fully saturated rings. The Morgan fingerprint density at radius 3 is 2.31 bits per heavy atom. The number of nitrogens with zero attached hydrogens (tertiary/aromatic N) is 2. The van der Waals surface area contributed by atoms with Gasteiger partial charge in [0.05, 0.1) is 25.7 Å². The van der Waals surface area contributed by atoms with E-state index in [-0.39, 0.29) is 76.7 Å². The van der Waals surface area contributed by atoms with Crippen LogP contribution in [0.5, 0.6) is 0 Å². The van der Waals surface area contributed by atoms with Crippen molar-refractivity contribution in [1.29, 1.82) is 0 Å². The Bertz CT molecular complexity index is 1500. The van der Waals surface area contributed by atoms with Crippen molar-refractivity contribution in [2.75, 3.05) is 26.4 Å². The predicted octanol–water partition coefficient (Wildman–Crippen LogP) is 2.48. The second kappa shape index (κ2) is 15.4. The number of amides is 1. The minimum Gasteiger partial charge on any atom is -0.457 e. The van der Waals surface area contributed by atoms with E-state index in [0.717, 1.165) is 0 Å². The van der Waals surface area contributed by atoms with Crippen molar-refractivity contribution in [3.8, 4) is 0 Å². The van der Waals surface area contributed by atoms with Crippen LogP contribution in [-0.2, 0) is 43.1 Å². The number of rotatable bonds is 17. The third kappa shape index (κ3) is 7.46. The average molecular weight is 726 g/mol. The maximum absolute atomic E-state index is 17.7. The Kier molecular flexibility index (Phi) is 11.9. The van der Waals surface area contributed by atoms with Crippen molar-refractivity contribution >= 4 is 29.4 Å². The van der Waals surface area contributed by atoms with Crippen molar-refractivity contribution in [3.63, 3.8) is 0 Å². The molecule has 0 spiro atoms. The molecule has 0 aromatic heterocycles. The van der Waals surface area contributed by atoms with Crippen LogP contribution in [0.15, 0.2) is 23.8 Å². The lowest BCUT2D eigenvalue weighted by Gasteiger charge is -2.62. The number of alkyl halides is 1. The molecule has 1 amide bonds. The number of nitrogens with one attached hydrogen (secondary N) is 1. The van der Waals surface area contributed by atoms with E-state index < -0.39 is 93.0 Å². The van der Waals surface area contributed by atoms with Gasteiger partial charge in [-0.3, -0.25) is 24.0 Å². The number of esters is 2. The SMILES string of the molecule is C[C@H]1CC2C3CC=C4CC(=O)C=C[C@]4(C)[C@@]3(F)[C@@H](O)C[C@]2(C)[C@@]1(OC(=O)CCCO[N+](=O)[O-])C(=O)COC(=O)CCNC(=O)CCCO[N+](=O)[O-]. The summed E-state index contributed by atoms with van der Waals surface area (Å²) >= 11 is 0. The number of aliphatic hydroxyl groups excluding tert-OH is 1. The van der Waals surface area contributed by atoms with Crippen LogP contribution >= 0.6 is 0 Å². The van der Waals surface area contributed by atoms with Crippen LogP contribution in [-0.4, -0.2) is 88.4 Å². The summed E-state index contributed by atoms with van der Waals surface area (Å²) < 4.78 is 29.0. The van der Waals surface area contributed by atoms with Crippen LogP contribution in [0.1, 0.15) is 78.6 Å². The highest BCUT2D eigenvalue weighted by Crippen LogP contribution is 2.71. The molecular formula is C33H44FN3O14. The largest absolute Gasteiger partial charge is 0.457 e. The highest BCUT2D eigenvalue weighted by atomic mass is 19.1. The van der Waals surface area contributed by atoms with Gasteiger partial charge in [-0.1, -0.05) is 31.6 Å². The van der Waals surface area contributed by atoms with E-state index in [4.69, 9.17) is 9.47 Å². The van der Waals surface area contributed by atoms with Crippen molar-refractivity contribution in [1.82, 2.24) is 5.32 Å². The number of hydrogen-bond acceptors (Lipinski definition) is 14. The molecule has 0 heterocycles. The number of carbonyl (C=O) groups excluding carboxylic acids is 5. The first-order valence-electron chi connectivity index (χ1n) is 16.9. The summed E-state index contributed by atoms with van der Waals surface area (Å²) in [7, 11) is 0. The zero-order valence-electron chi connectivity index (χ0n) is 28.8. The fraction of sp³-hybridized carbons (Fsp3) is 0.727. The van der Waals surface area contributed by atoms with E-state index in [9.17, 15) is 49.3 Å². The van der Waals surface area contributed by atoms with Crippen molar-refractivity contribution < 1.29 is 62.8 Å². The summed E-state index contributed by atoms with van der Waals surface area (Å²) in [6.45, 7) is 3.27. The molecule has 2 unspecified atom stereocenters. The Morgan fingerprint density at radius 1 is 1.02 bits per heavy atom. The van der Waals surface area contributed by atoms with Gasteiger partial charge in [0.2, 0.25) is 11.7 Å². The van der Waals surface area contributed by atoms with E-state index in [0.29, 0.717) is 5.57 Å². The summed E-state index contributed by atoms with van der Waals surface area (Å²) in [5, 5.41) is 33.0. The molecule has 0 saturated heterocycles. The number of allylic oxidation sites excluding steroid dienone is 4. The lowest BCUT2D eigenvalue weighted by Crippen LogP contribution is -2.69. The van der Waals surface area contributed by atoms with E-state index in [1.165, 1.54) is 12.2 Å². The van der Waals surface area contributed by atoms with Gasteiger partial charge in [-0.05, 0) is 51.0 Å². The van der Waals surface area contributed by atoms with Gasteiger partial charge in [-0.25, -0.2) is 4.39 Å². The molecule has 2 N–H and O–H groups in total. The molecule has 4 aliphatic carbocycles. The first-order chi connectivity index (χ1) is 23.9. The van der Waals surface area contributed by atoms with Gasteiger partial charge in [0.25, 0.3) is 10.2 Å². The number of ketones is 2. The van der Waals surface area contributed by atoms with Crippen LogP contribution in [0, 0.1) is 48.8 Å². The number of ether oxygens (including phenoxy) is 2. The van der Waals surface area contributed by atoms with Gasteiger partial charge in [-0.15, -0.1) is 20.2 Å². The van der Waals surface area contributed by atoms with E-state index >= 15 is 4.39 Å². The van der Waals surface area contributed by atoms with E-state index in [2.05, 4.69) is 15.0 Å². The monoisotopic (exact) mass is 725 g/mol.